The first-order chi connectivity index (χ1) is 15.3. The summed E-state index contributed by atoms with van der Waals surface area (Å²) in [6.07, 6.45) is 0. The zero-order valence-corrected chi connectivity index (χ0v) is 18.4. The Morgan fingerprint density at radius 1 is 0.938 bits per heavy atom. The summed E-state index contributed by atoms with van der Waals surface area (Å²) in [5, 5.41) is 2.84. The number of rotatable bonds is 6. The molecule has 0 unspecified atom stereocenters. The maximum Gasteiger partial charge on any atom is 0.269 e. The number of carbonyl (C=O) groups excluding carboxylic acids is 1. The normalized spacial score (nSPS) is 10.7. The lowest BCUT2D eigenvalue weighted by atomic mass is 10.2. The van der Waals surface area contributed by atoms with Gasteiger partial charge in [-0.2, -0.15) is 0 Å². The van der Waals surface area contributed by atoms with Crippen molar-refractivity contribution in [2.24, 2.45) is 0 Å². The van der Waals surface area contributed by atoms with Gasteiger partial charge in [0, 0.05) is 16.9 Å². The molecular weight excluding hydrogens is 455 g/mol. The highest BCUT2D eigenvalue weighted by molar-refractivity contribution is 7.92. The average molecular weight is 475 g/mol. The maximum atomic E-state index is 12.9. The second kappa shape index (κ2) is 10.1. The number of thiocarbonyl (C=S) groups is 1. The largest absolute Gasteiger partial charge is 0.497 e. The first kappa shape index (κ1) is 23.0. The second-order valence-corrected chi connectivity index (χ2v) is 8.49. The van der Waals surface area contributed by atoms with Crippen LogP contribution in [0.2, 0.25) is 0 Å². The van der Waals surface area contributed by atoms with Gasteiger partial charge < -0.3 is 10.1 Å². The Kier molecular flexibility index (Phi) is 7.23. The van der Waals surface area contributed by atoms with Gasteiger partial charge in [0.25, 0.3) is 15.9 Å². The molecule has 3 aromatic rings. The van der Waals surface area contributed by atoms with E-state index in [9.17, 15) is 17.6 Å². The summed E-state index contributed by atoms with van der Waals surface area (Å²) in [6, 6.07) is 17.4. The molecule has 0 aliphatic heterocycles. The van der Waals surface area contributed by atoms with Crippen LogP contribution in [0.4, 0.5) is 15.8 Å². The Morgan fingerprint density at radius 3 is 2.25 bits per heavy atom. The lowest BCUT2D eigenvalue weighted by Crippen LogP contribution is -2.43. The number of nitrogens with one attached hydrogen (secondary N) is 4. The Balaban J connectivity index is 1.62. The molecule has 0 aliphatic rings. The van der Waals surface area contributed by atoms with Crippen molar-refractivity contribution < 1.29 is 22.3 Å². The summed E-state index contributed by atoms with van der Waals surface area (Å²) in [5.41, 5.74) is 5.85. The Labute approximate surface area is 189 Å². The third kappa shape index (κ3) is 6.15. The highest BCUT2D eigenvalue weighted by Crippen LogP contribution is 2.20. The van der Waals surface area contributed by atoms with E-state index in [1.54, 1.807) is 24.3 Å². The van der Waals surface area contributed by atoms with E-state index in [1.165, 1.54) is 55.6 Å². The molecule has 1 amide bonds. The van der Waals surface area contributed by atoms with Crippen LogP contribution < -0.4 is 25.6 Å². The zero-order valence-electron chi connectivity index (χ0n) is 16.8. The number of ether oxygens (including phenoxy) is 1. The lowest BCUT2D eigenvalue weighted by Gasteiger charge is -2.12. The molecule has 0 radical (unpaired) electrons. The molecule has 166 valence electrons. The van der Waals surface area contributed by atoms with Crippen molar-refractivity contribution in [1.29, 1.82) is 0 Å². The smallest absolute Gasteiger partial charge is 0.269 e. The van der Waals surface area contributed by atoms with Crippen molar-refractivity contribution in [2.45, 2.75) is 4.90 Å². The molecule has 0 saturated heterocycles. The predicted octanol–water partition coefficient (Wildman–Crippen LogP) is 3.27. The lowest BCUT2D eigenvalue weighted by molar-refractivity contribution is 0.0944. The van der Waals surface area contributed by atoms with Crippen LogP contribution in [0.1, 0.15) is 10.4 Å². The second-order valence-electron chi connectivity index (χ2n) is 6.40. The van der Waals surface area contributed by atoms with Gasteiger partial charge in [-0.3, -0.25) is 20.4 Å². The van der Waals surface area contributed by atoms with Crippen LogP contribution in [0.15, 0.2) is 77.7 Å². The first-order valence-electron chi connectivity index (χ1n) is 9.17. The number of halogens is 1. The summed E-state index contributed by atoms with van der Waals surface area (Å²) in [5.74, 6) is -0.403. The molecule has 0 aliphatic carbocycles. The van der Waals surface area contributed by atoms with Crippen LogP contribution in [0.25, 0.3) is 0 Å². The number of benzene rings is 3. The van der Waals surface area contributed by atoms with E-state index in [1.807, 2.05) is 0 Å². The fourth-order valence-corrected chi connectivity index (χ4v) is 3.83. The highest BCUT2D eigenvalue weighted by atomic mass is 32.2. The Hall–Kier alpha value is -3.70. The number of hydrogen-bond donors (Lipinski definition) is 4. The minimum Gasteiger partial charge on any atom is -0.497 e. The van der Waals surface area contributed by atoms with Gasteiger partial charge in [-0.25, -0.2) is 12.8 Å². The van der Waals surface area contributed by atoms with Crippen LogP contribution in [0.3, 0.4) is 0 Å². The van der Waals surface area contributed by atoms with Crippen molar-refractivity contribution >= 4 is 44.6 Å². The van der Waals surface area contributed by atoms with Crippen LogP contribution in [0, 0.1) is 5.82 Å². The molecular formula is C21H19FN4O4S2. The third-order valence-electron chi connectivity index (χ3n) is 4.14. The predicted molar refractivity (Wildman–Crippen MR) is 123 cm³/mol. The monoisotopic (exact) mass is 474 g/mol. The van der Waals surface area contributed by atoms with Gasteiger partial charge in [0.15, 0.2) is 5.11 Å². The van der Waals surface area contributed by atoms with Gasteiger partial charge in [0.1, 0.15) is 11.6 Å². The van der Waals surface area contributed by atoms with Crippen molar-refractivity contribution in [3.63, 3.8) is 0 Å². The molecule has 0 aromatic heterocycles. The van der Waals surface area contributed by atoms with Crippen molar-refractivity contribution in [3.8, 4) is 5.75 Å². The van der Waals surface area contributed by atoms with E-state index in [0.29, 0.717) is 17.1 Å². The van der Waals surface area contributed by atoms with E-state index in [2.05, 4.69) is 20.9 Å². The number of hydrogen-bond acceptors (Lipinski definition) is 5. The van der Waals surface area contributed by atoms with Crippen LogP contribution in [-0.2, 0) is 10.0 Å². The summed E-state index contributed by atoms with van der Waals surface area (Å²) < 4.78 is 45.8. The fourth-order valence-electron chi connectivity index (χ4n) is 2.56. The number of carbonyl (C=O) groups is 1. The summed E-state index contributed by atoms with van der Waals surface area (Å²) >= 11 is 5.07. The van der Waals surface area contributed by atoms with Crippen LogP contribution in [-0.4, -0.2) is 26.5 Å². The van der Waals surface area contributed by atoms with Gasteiger partial charge in [-0.15, -0.1) is 0 Å². The van der Waals surface area contributed by atoms with Gasteiger partial charge in [-0.05, 0) is 78.9 Å². The number of anilines is 2. The number of amides is 1. The topological polar surface area (TPSA) is 109 Å². The van der Waals surface area contributed by atoms with Crippen molar-refractivity contribution in [2.75, 3.05) is 17.1 Å². The van der Waals surface area contributed by atoms with Gasteiger partial charge in [-0.1, -0.05) is 6.07 Å². The molecule has 3 rings (SSSR count). The Morgan fingerprint density at radius 2 is 1.59 bits per heavy atom. The molecule has 11 heteroatoms. The molecule has 8 nitrogen and oxygen atoms in total. The maximum absolute atomic E-state index is 12.9. The van der Waals surface area contributed by atoms with Gasteiger partial charge >= 0.3 is 0 Å². The standard InChI is InChI=1S/C21H19FN4O4S2/c1-30-18-11-9-17(10-12-18)26-32(28,29)19-4-2-3-14(13-19)20(27)24-25-21(31)23-16-7-5-15(22)6-8-16/h2-13,26H,1H3,(H,24,27)(H2,23,25,31). The highest BCUT2D eigenvalue weighted by Gasteiger charge is 2.17. The minimum absolute atomic E-state index is 0.0647. The number of sulfonamides is 1. The number of methoxy groups -OCH3 is 1. The molecule has 32 heavy (non-hydrogen) atoms. The van der Waals surface area contributed by atoms with E-state index in [-0.39, 0.29) is 21.4 Å². The summed E-state index contributed by atoms with van der Waals surface area (Å²) in [4.78, 5) is 12.3. The third-order valence-corrected chi connectivity index (χ3v) is 5.72. The SMILES string of the molecule is COc1ccc(NS(=O)(=O)c2cccc(C(=O)NNC(=S)Nc3ccc(F)cc3)c2)cc1. The molecule has 0 saturated carbocycles. The molecule has 0 fully saturated rings. The average Bonchev–Trinajstić information content (AvgIpc) is 2.79. The van der Waals surface area contributed by atoms with Gasteiger partial charge in [0.2, 0.25) is 0 Å². The van der Waals surface area contributed by atoms with E-state index >= 15 is 0 Å². The molecule has 0 heterocycles. The van der Waals surface area contributed by atoms with Gasteiger partial charge in [0.05, 0.1) is 12.0 Å². The molecule has 0 bridgehead atoms. The molecule has 4 N–H and O–H groups in total. The minimum atomic E-state index is -3.92. The van der Waals surface area contributed by atoms with E-state index in [0.717, 1.165) is 0 Å². The van der Waals surface area contributed by atoms with Crippen molar-refractivity contribution in [3.05, 3.63) is 84.2 Å². The summed E-state index contributed by atoms with van der Waals surface area (Å²) in [7, 11) is -2.41. The molecule has 0 spiro atoms. The van der Waals surface area contributed by atoms with Crippen LogP contribution >= 0.6 is 12.2 Å². The van der Waals surface area contributed by atoms with Crippen LogP contribution in [0.5, 0.6) is 5.75 Å². The quantitative estimate of drug-likeness (QED) is 0.321. The fraction of sp³-hybridized carbons (Fsp3) is 0.0476. The zero-order chi connectivity index (χ0) is 23.1. The van der Waals surface area contributed by atoms with Crippen molar-refractivity contribution in [1.82, 2.24) is 10.9 Å². The summed E-state index contributed by atoms with van der Waals surface area (Å²) in [6.45, 7) is 0. The number of hydrazine groups is 1. The Bertz CT molecular complexity index is 1220. The van der Waals surface area contributed by atoms with E-state index < -0.39 is 15.9 Å². The first-order valence-corrected chi connectivity index (χ1v) is 11.1. The van der Waals surface area contributed by atoms with E-state index in [4.69, 9.17) is 17.0 Å². The molecule has 3 aromatic carbocycles. The molecule has 0 atom stereocenters.